The summed E-state index contributed by atoms with van der Waals surface area (Å²) in [5.41, 5.74) is 2.90. The minimum Gasteiger partial charge on any atom is -0.356 e. The molecule has 0 amide bonds. The van der Waals surface area contributed by atoms with Gasteiger partial charge in [-0.15, -0.1) is 0 Å². The Labute approximate surface area is 75.1 Å². The first-order chi connectivity index (χ1) is 6.45. The van der Waals surface area contributed by atoms with Crippen LogP contribution in [0.2, 0.25) is 0 Å². The van der Waals surface area contributed by atoms with Crippen molar-refractivity contribution in [3.05, 3.63) is 42.5 Å². The summed E-state index contributed by atoms with van der Waals surface area (Å²) in [6.07, 6.45) is 0. The van der Waals surface area contributed by atoms with E-state index < -0.39 is 0 Å². The fourth-order valence-corrected chi connectivity index (χ4v) is 1.59. The van der Waals surface area contributed by atoms with Crippen LogP contribution >= 0.6 is 0 Å². The van der Waals surface area contributed by atoms with Gasteiger partial charge in [0.1, 0.15) is 5.69 Å². The molecule has 1 aromatic rings. The molecule has 1 aliphatic carbocycles. The second kappa shape index (κ2) is 2.33. The van der Waals surface area contributed by atoms with E-state index in [1.54, 1.807) is 0 Å². The lowest BCUT2D eigenvalue weighted by atomic mass is 10.1. The molecule has 1 heterocycles. The molecule has 0 saturated carbocycles. The third-order valence-electron chi connectivity index (χ3n) is 2.21. The van der Waals surface area contributed by atoms with Crippen molar-refractivity contribution in [3.63, 3.8) is 0 Å². The van der Waals surface area contributed by atoms with E-state index in [0.29, 0.717) is 0 Å². The molecule has 1 aromatic carbocycles. The van der Waals surface area contributed by atoms with Crippen LogP contribution in [0.3, 0.4) is 0 Å². The van der Waals surface area contributed by atoms with Crippen LogP contribution in [0.5, 0.6) is 0 Å². The van der Waals surface area contributed by atoms with Crippen molar-refractivity contribution in [2.45, 2.75) is 0 Å². The summed E-state index contributed by atoms with van der Waals surface area (Å²) < 4.78 is 5.23. The standard InChI is InChI=1S/C11H7NO/c1-2-7-11-9(4-1)8-5-3-6-10(8)12-13-11/h1-7H. The molecule has 0 aromatic heterocycles. The Hall–Kier alpha value is -1.83. The third kappa shape index (κ3) is 0.855. The van der Waals surface area contributed by atoms with Gasteiger partial charge >= 0.3 is 0 Å². The van der Waals surface area contributed by atoms with Gasteiger partial charge in [-0.25, -0.2) is 0 Å². The first-order valence-corrected chi connectivity index (χ1v) is 4.18. The monoisotopic (exact) mass is 169 g/mol. The Bertz CT molecular complexity index is 527. The third-order valence-corrected chi connectivity index (χ3v) is 2.21. The topological polar surface area (TPSA) is 26.0 Å². The van der Waals surface area contributed by atoms with Gasteiger partial charge in [-0.05, 0) is 12.1 Å². The van der Waals surface area contributed by atoms with Gasteiger partial charge in [-0.2, -0.15) is 0 Å². The average Bonchev–Trinajstić information content (AvgIpc) is 2.65. The predicted octanol–water partition coefficient (Wildman–Crippen LogP) is 2.93. The van der Waals surface area contributed by atoms with Crippen LogP contribution in [0.1, 0.15) is 0 Å². The fourth-order valence-electron chi connectivity index (χ4n) is 1.59. The van der Waals surface area contributed by atoms with E-state index in [0.717, 1.165) is 22.2 Å². The molecule has 0 spiro atoms. The number of para-hydroxylation sites is 1. The maximum absolute atomic E-state index is 5.23. The number of rotatable bonds is 0. The van der Waals surface area contributed by atoms with Crippen molar-refractivity contribution in [1.82, 2.24) is 5.16 Å². The fraction of sp³-hybridized carbons (Fsp3) is 0. The number of fused-ring (bicyclic) bond motifs is 3. The van der Waals surface area contributed by atoms with Gasteiger partial charge < -0.3 is 4.52 Å². The molecule has 13 heavy (non-hydrogen) atoms. The molecular formula is C11H7NO. The zero-order valence-electron chi connectivity index (χ0n) is 6.90. The van der Waals surface area contributed by atoms with Crippen LogP contribution in [-0.2, 0) is 0 Å². The van der Waals surface area contributed by atoms with Crippen molar-refractivity contribution >= 4 is 11.0 Å². The summed E-state index contributed by atoms with van der Waals surface area (Å²) in [5, 5.41) is 5.12. The van der Waals surface area contributed by atoms with E-state index >= 15 is 0 Å². The van der Waals surface area contributed by atoms with Gasteiger partial charge in [0, 0.05) is 10.9 Å². The summed E-state index contributed by atoms with van der Waals surface area (Å²) in [4.78, 5) is 0. The van der Waals surface area contributed by atoms with Gasteiger partial charge in [0.15, 0.2) is 5.58 Å². The average molecular weight is 169 g/mol. The Balaban J connectivity index is 2.57. The SMILES string of the molecule is c1cc2noc3ccccc3c-2c1. The second-order valence-corrected chi connectivity index (χ2v) is 3.00. The maximum Gasteiger partial charge on any atom is 0.165 e. The highest BCUT2D eigenvalue weighted by Gasteiger charge is 2.08. The minimum atomic E-state index is 0.834. The minimum absolute atomic E-state index is 0.834. The molecule has 3 rings (SSSR count). The largest absolute Gasteiger partial charge is 0.356 e. The van der Waals surface area contributed by atoms with E-state index in [9.17, 15) is 0 Å². The van der Waals surface area contributed by atoms with Crippen molar-refractivity contribution in [2.24, 2.45) is 0 Å². The molecule has 2 nitrogen and oxygen atoms in total. The number of nitrogens with zero attached hydrogens (tertiary/aromatic N) is 1. The summed E-state index contributed by atoms with van der Waals surface area (Å²) >= 11 is 0. The lowest BCUT2D eigenvalue weighted by molar-refractivity contribution is 0.446. The van der Waals surface area contributed by atoms with E-state index in [2.05, 4.69) is 11.2 Å². The molecule has 62 valence electrons. The lowest BCUT2D eigenvalue weighted by Crippen LogP contribution is -1.82. The highest BCUT2D eigenvalue weighted by molar-refractivity contribution is 5.92. The number of benzene rings is 1. The maximum atomic E-state index is 5.23. The molecule has 0 radical (unpaired) electrons. The van der Waals surface area contributed by atoms with Gasteiger partial charge in [0.2, 0.25) is 0 Å². The summed E-state index contributed by atoms with van der Waals surface area (Å²) in [7, 11) is 0. The number of hydrogen-bond acceptors (Lipinski definition) is 2. The van der Waals surface area contributed by atoms with Crippen LogP contribution < -0.4 is 0 Å². The Morgan fingerprint density at radius 3 is 2.85 bits per heavy atom. The van der Waals surface area contributed by atoms with E-state index in [1.165, 1.54) is 0 Å². The number of aromatic nitrogens is 1. The molecule has 0 fully saturated rings. The smallest absolute Gasteiger partial charge is 0.165 e. The Morgan fingerprint density at radius 2 is 1.85 bits per heavy atom. The molecular weight excluding hydrogens is 162 g/mol. The van der Waals surface area contributed by atoms with Gasteiger partial charge in [0.25, 0.3) is 0 Å². The first kappa shape index (κ1) is 6.66. The van der Waals surface area contributed by atoms with Crippen molar-refractivity contribution in [3.8, 4) is 11.3 Å². The molecule has 0 N–H and O–H groups in total. The molecule has 1 aliphatic heterocycles. The molecule has 0 bridgehead atoms. The van der Waals surface area contributed by atoms with Gasteiger partial charge in [0.05, 0.1) is 0 Å². The highest BCUT2D eigenvalue weighted by atomic mass is 16.5. The predicted molar refractivity (Wildman–Crippen MR) is 50.6 cm³/mol. The molecule has 2 aliphatic rings. The zero-order chi connectivity index (χ0) is 8.67. The van der Waals surface area contributed by atoms with Crippen molar-refractivity contribution in [1.29, 1.82) is 0 Å². The van der Waals surface area contributed by atoms with E-state index in [4.69, 9.17) is 4.52 Å². The van der Waals surface area contributed by atoms with Crippen LogP contribution in [-0.4, -0.2) is 5.16 Å². The van der Waals surface area contributed by atoms with E-state index in [-0.39, 0.29) is 0 Å². The molecule has 0 atom stereocenters. The van der Waals surface area contributed by atoms with Crippen molar-refractivity contribution < 1.29 is 4.52 Å². The first-order valence-electron chi connectivity index (χ1n) is 4.18. The van der Waals surface area contributed by atoms with E-state index in [1.807, 2.05) is 36.4 Å². The molecule has 2 heteroatoms. The van der Waals surface area contributed by atoms with Crippen LogP contribution in [0.4, 0.5) is 0 Å². The van der Waals surface area contributed by atoms with Crippen molar-refractivity contribution in [2.75, 3.05) is 0 Å². The zero-order valence-corrected chi connectivity index (χ0v) is 6.90. The quantitative estimate of drug-likeness (QED) is 0.517. The molecule has 0 unspecified atom stereocenters. The summed E-state index contributed by atoms with van der Waals surface area (Å²) in [6.45, 7) is 0. The highest BCUT2D eigenvalue weighted by Crippen LogP contribution is 2.28. The van der Waals surface area contributed by atoms with Crippen LogP contribution in [0.15, 0.2) is 47.0 Å². The second-order valence-electron chi connectivity index (χ2n) is 3.00. The lowest BCUT2D eigenvalue weighted by Gasteiger charge is -2.00. The Kier molecular flexibility index (Phi) is 1.19. The molecule has 0 saturated heterocycles. The Morgan fingerprint density at radius 1 is 0.923 bits per heavy atom. The summed E-state index contributed by atoms with van der Waals surface area (Å²) in [6, 6.07) is 13.9. The summed E-state index contributed by atoms with van der Waals surface area (Å²) in [5.74, 6) is 0. The van der Waals surface area contributed by atoms with Gasteiger partial charge in [-0.1, -0.05) is 35.5 Å². The van der Waals surface area contributed by atoms with Crippen LogP contribution in [0.25, 0.3) is 22.2 Å². The number of hydrogen-bond donors (Lipinski definition) is 0. The van der Waals surface area contributed by atoms with Gasteiger partial charge in [-0.3, -0.25) is 0 Å². The normalized spacial score (nSPS) is 11.1. The van der Waals surface area contributed by atoms with Crippen LogP contribution in [0, 0.1) is 0 Å².